The Morgan fingerprint density at radius 1 is 0.839 bits per heavy atom. The van der Waals surface area contributed by atoms with Gasteiger partial charge in [0.15, 0.2) is 5.78 Å². The Bertz CT molecular complexity index is 1630. The van der Waals surface area contributed by atoms with Crippen LogP contribution in [0.3, 0.4) is 0 Å². The van der Waals surface area contributed by atoms with E-state index in [0.717, 1.165) is 0 Å². The van der Waals surface area contributed by atoms with Crippen LogP contribution in [0.2, 0.25) is 0 Å². The molecule has 1 aliphatic heterocycles. The Morgan fingerprint density at radius 3 is 1.89 bits per heavy atom. The fourth-order valence-corrected chi connectivity index (χ4v) is 137. The SMILES string of the molecule is CC1=C2C(O)C(=O)[C@]3(C)C(OP(P(P)P)P(P)P)CC4OCC4(O)C3C(OC(=O)c3ccccc3)C(O)(CC1OP(P(P)P(P)P)P(P(P)P)P(P)P)C2(C)C. The van der Waals surface area contributed by atoms with E-state index < -0.39 is 134 Å². The molecule has 5 rings (SSSR count). The van der Waals surface area contributed by atoms with Gasteiger partial charge in [-0.3, -0.25) is 4.79 Å². The topological polar surface area (TPSA) is 132 Å². The standard InChI is InChI=1S/C27H54O9P20/c1-13-15(35-49(55(47)52(41)42)56(53(43)44)54(45)46)11-27(32)22(34-23(30)14-8-6-5-7-9-14)20-25(4,21(29)19(28)18(13)24(27,2)3)16(10-17-26(20,31)12-33-17)36-48(50(37)38)51(39)40/h5-9,15-17,19-20,22,28,31-32H,10-12,37-47H2,1-4H3/t15?,16?,17?,19?,20?,22?,25-,26?,27?,49?,55?/m1/s1. The zero-order chi connectivity index (χ0) is 42.0. The van der Waals surface area contributed by atoms with Gasteiger partial charge in [-0.15, -0.1) is 89.3 Å². The van der Waals surface area contributed by atoms with E-state index in [4.69, 9.17) is 18.5 Å². The van der Waals surface area contributed by atoms with Gasteiger partial charge in [-0.2, -0.15) is 0 Å². The minimum Gasteiger partial charge on any atom is -0.455 e. The highest BCUT2D eigenvalue weighted by Crippen LogP contribution is 3.17. The van der Waals surface area contributed by atoms with E-state index in [1.807, 2.05) is 20.8 Å². The highest BCUT2D eigenvalue weighted by Gasteiger charge is 2.77. The zero-order valence-corrected chi connectivity index (χ0v) is 51.9. The number of Topliss-reactive ketones (excluding diaryl/α,β-unsaturated/α-hetero) is 1. The zero-order valence-electron chi connectivity index (χ0n) is 31.1. The summed E-state index contributed by atoms with van der Waals surface area (Å²) in [6, 6.07) is 8.58. The highest BCUT2D eigenvalue weighted by atomic mass is 33.2. The second-order valence-corrected chi connectivity index (χ2v) is 87.2. The summed E-state index contributed by atoms with van der Waals surface area (Å²) < 4.78 is 27.1. The summed E-state index contributed by atoms with van der Waals surface area (Å²) in [6.07, 6.45) is -5.18. The molecule has 3 aliphatic carbocycles. The van der Waals surface area contributed by atoms with Crippen molar-refractivity contribution in [3.8, 4) is 0 Å². The monoisotopic (exact) mass is 1140 g/mol. The van der Waals surface area contributed by atoms with E-state index in [2.05, 4.69) is 98.2 Å². The molecule has 0 aromatic heterocycles. The van der Waals surface area contributed by atoms with E-state index in [9.17, 15) is 20.1 Å². The molecule has 9 nitrogen and oxygen atoms in total. The number of aliphatic hydroxyl groups excluding tert-OH is 1. The Hall–Kier alpha value is 6.46. The molecule has 4 aliphatic rings. The first-order valence-corrected chi connectivity index (χ1v) is 51.5. The molecule has 1 aromatic rings. The molecule has 0 radical (unpaired) electrons. The summed E-state index contributed by atoms with van der Waals surface area (Å²) >= 11 is 0. The average Bonchev–Trinajstić information content (AvgIpc) is 3.10. The third-order valence-corrected chi connectivity index (χ3v) is 105. The van der Waals surface area contributed by atoms with E-state index in [1.54, 1.807) is 37.3 Å². The first-order chi connectivity index (χ1) is 25.9. The van der Waals surface area contributed by atoms with Gasteiger partial charge >= 0.3 is 5.97 Å². The molecule has 3 N–H and O–H groups in total. The number of carbonyl (C=O) groups is 2. The maximum Gasteiger partial charge on any atom is 0.338 e. The van der Waals surface area contributed by atoms with E-state index in [1.165, 1.54) is 0 Å². The lowest BCUT2D eigenvalue weighted by Gasteiger charge is -2.67. The number of benzene rings is 1. The normalized spacial score (nSPS) is 35.5. The number of aliphatic hydroxyl groups is 3. The van der Waals surface area contributed by atoms with Crippen LogP contribution >= 0.6 is 162 Å². The average molecular weight is 1140 g/mol. The van der Waals surface area contributed by atoms with Crippen molar-refractivity contribution >= 4 is 174 Å². The van der Waals surface area contributed by atoms with Crippen molar-refractivity contribution in [3.63, 3.8) is 0 Å². The van der Waals surface area contributed by atoms with Crippen LogP contribution < -0.4 is 0 Å². The van der Waals surface area contributed by atoms with Gasteiger partial charge < -0.3 is 33.8 Å². The third kappa shape index (κ3) is 10.2. The van der Waals surface area contributed by atoms with Gasteiger partial charge in [0.25, 0.3) is 0 Å². The predicted molar refractivity (Wildman–Crippen MR) is 292 cm³/mol. The molecule has 1 saturated heterocycles. The number of rotatable bonds is 13. The summed E-state index contributed by atoms with van der Waals surface area (Å²) in [6.45, 7) is 2.71. The van der Waals surface area contributed by atoms with Crippen molar-refractivity contribution in [1.29, 1.82) is 0 Å². The van der Waals surface area contributed by atoms with Crippen LogP contribution in [0.5, 0.6) is 0 Å². The first-order valence-electron chi connectivity index (χ1n) is 16.9. The Morgan fingerprint density at radius 2 is 1.41 bits per heavy atom. The second-order valence-electron chi connectivity index (χ2n) is 14.8. The number of fused-ring (bicyclic) bond motifs is 5. The molecular formula is C27H54O9P20. The third-order valence-electron chi connectivity index (χ3n) is 11.4. The van der Waals surface area contributed by atoms with Crippen LogP contribution in [-0.4, -0.2) is 75.4 Å². The smallest absolute Gasteiger partial charge is 0.338 e. The van der Waals surface area contributed by atoms with Crippen LogP contribution in [0.4, 0.5) is 0 Å². The molecule has 1 aromatic carbocycles. The predicted octanol–water partition coefficient (Wildman–Crippen LogP) is 12.8. The minimum atomic E-state index is -1.94. The summed E-state index contributed by atoms with van der Waals surface area (Å²) in [5.74, 6) is -2.44. The Labute approximate surface area is 367 Å². The minimum absolute atomic E-state index is 0.0131. The van der Waals surface area contributed by atoms with E-state index >= 15 is 4.79 Å². The number of carbonyl (C=O) groups excluding carboxylic acids is 2. The molecular weight excluding hydrogens is 1090 g/mol. The molecule has 0 amide bonds. The van der Waals surface area contributed by atoms with E-state index in [-0.39, 0.29) is 25.0 Å². The Balaban J connectivity index is 1.79. The van der Waals surface area contributed by atoms with E-state index in [0.29, 0.717) is 11.1 Å². The molecule has 2 bridgehead atoms. The number of ketones is 1. The molecule has 316 valence electrons. The highest BCUT2D eigenvalue weighted by molar-refractivity contribution is 9.19. The van der Waals surface area contributed by atoms with Crippen LogP contribution in [0.15, 0.2) is 41.5 Å². The van der Waals surface area contributed by atoms with Crippen molar-refractivity contribution < 1.29 is 43.4 Å². The van der Waals surface area contributed by atoms with Crippen molar-refractivity contribution in [2.24, 2.45) is 16.7 Å². The van der Waals surface area contributed by atoms with Crippen molar-refractivity contribution in [2.45, 2.75) is 82.3 Å². The molecule has 22 atom stereocenters. The van der Waals surface area contributed by atoms with Crippen LogP contribution in [0.25, 0.3) is 0 Å². The number of hydrogen-bond donors (Lipinski definition) is 3. The molecule has 0 spiro atoms. The number of ether oxygens (including phenoxy) is 2. The molecule has 56 heavy (non-hydrogen) atoms. The van der Waals surface area contributed by atoms with Crippen molar-refractivity contribution in [2.75, 3.05) is 6.61 Å². The van der Waals surface area contributed by atoms with Gasteiger partial charge in [0.05, 0.1) is 50.9 Å². The van der Waals surface area contributed by atoms with Gasteiger partial charge in [0.1, 0.15) is 23.4 Å². The second kappa shape index (κ2) is 21.4. The summed E-state index contributed by atoms with van der Waals surface area (Å²) in [5.41, 5.74) is -5.21. The first kappa shape index (κ1) is 53.4. The summed E-state index contributed by atoms with van der Waals surface area (Å²) in [4.78, 5) is 29.9. The lowest BCUT2D eigenvalue weighted by atomic mass is 9.45. The van der Waals surface area contributed by atoms with Gasteiger partial charge in [0, 0.05) is 38.1 Å². The lowest BCUT2D eigenvalue weighted by Crippen LogP contribution is -2.81. The molecule has 21 unspecified atom stereocenters. The Kier molecular flexibility index (Phi) is 20.4. The van der Waals surface area contributed by atoms with Crippen LogP contribution in [0, 0.1) is 16.7 Å². The summed E-state index contributed by atoms with van der Waals surface area (Å²) in [7, 11) is 30.3. The van der Waals surface area contributed by atoms with Gasteiger partial charge in [-0.25, -0.2) is 4.79 Å². The molecule has 2 saturated carbocycles. The fraction of sp³-hybridized carbons (Fsp3) is 0.630. The fourth-order valence-electron chi connectivity index (χ4n) is 8.51. The maximum absolute atomic E-state index is 15.6. The van der Waals surface area contributed by atoms with Gasteiger partial charge in [-0.05, 0) is 72.1 Å². The lowest BCUT2D eigenvalue weighted by molar-refractivity contribution is -0.341. The quantitative estimate of drug-likeness (QED) is 0.100. The van der Waals surface area contributed by atoms with Crippen molar-refractivity contribution in [3.05, 3.63) is 47.0 Å². The summed E-state index contributed by atoms with van der Waals surface area (Å²) in [5, 5.41) is 39.3. The maximum atomic E-state index is 15.6. The van der Waals surface area contributed by atoms with Gasteiger partial charge in [-0.1, -0.05) is 41.0 Å². The molecule has 3 fully saturated rings. The van der Waals surface area contributed by atoms with Crippen molar-refractivity contribution in [1.82, 2.24) is 0 Å². The number of esters is 1. The van der Waals surface area contributed by atoms with Gasteiger partial charge in [0.2, 0.25) is 0 Å². The van der Waals surface area contributed by atoms with Crippen LogP contribution in [0.1, 0.15) is 50.9 Å². The molecule has 29 heteroatoms. The van der Waals surface area contributed by atoms with Crippen LogP contribution in [-0.2, 0) is 23.3 Å². The largest absolute Gasteiger partial charge is 0.455 e. The number of hydrogen-bond acceptors (Lipinski definition) is 9. The molecule has 1 heterocycles.